The van der Waals surface area contributed by atoms with Gasteiger partial charge in [0.05, 0.1) is 0 Å². The summed E-state index contributed by atoms with van der Waals surface area (Å²) >= 11 is 6.28. The number of hydrogen-bond acceptors (Lipinski definition) is 0. The summed E-state index contributed by atoms with van der Waals surface area (Å²) in [5.41, 5.74) is 0.580. The van der Waals surface area contributed by atoms with Crippen molar-refractivity contribution in [3.63, 3.8) is 0 Å². The van der Waals surface area contributed by atoms with Crippen LogP contribution in [0.25, 0.3) is 0 Å². The van der Waals surface area contributed by atoms with Gasteiger partial charge in [-0.05, 0) is 49.1 Å². The standard InChI is InChI=1S/C14H17ClF2/c1-9-2-5-13(15)11(6-9)7-10-3-4-12(16)8-14(10)17/h3-4,8-9,11,13H,2,5-7H2,1H3. The van der Waals surface area contributed by atoms with Gasteiger partial charge in [-0.15, -0.1) is 11.6 Å². The van der Waals surface area contributed by atoms with Crippen molar-refractivity contribution in [1.82, 2.24) is 0 Å². The molecule has 3 atom stereocenters. The molecule has 2 rings (SSSR count). The van der Waals surface area contributed by atoms with Crippen LogP contribution < -0.4 is 0 Å². The molecule has 1 aromatic carbocycles. The number of hydrogen-bond donors (Lipinski definition) is 0. The Morgan fingerprint density at radius 2 is 2.06 bits per heavy atom. The van der Waals surface area contributed by atoms with Gasteiger partial charge in [-0.1, -0.05) is 13.0 Å². The molecule has 1 aromatic rings. The summed E-state index contributed by atoms with van der Waals surface area (Å²) in [5, 5.41) is 0.121. The molecule has 1 saturated carbocycles. The minimum Gasteiger partial charge on any atom is -0.207 e. The topological polar surface area (TPSA) is 0 Å². The molecule has 3 heteroatoms. The van der Waals surface area contributed by atoms with Gasteiger partial charge in [0.1, 0.15) is 11.6 Å². The fraction of sp³-hybridized carbons (Fsp3) is 0.571. The number of alkyl halides is 1. The van der Waals surface area contributed by atoms with Crippen LogP contribution in [-0.4, -0.2) is 5.38 Å². The zero-order valence-corrected chi connectivity index (χ0v) is 10.7. The number of halogens is 3. The van der Waals surface area contributed by atoms with Gasteiger partial charge in [0.25, 0.3) is 0 Å². The summed E-state index contributed by atoms with van der Waals surface area (Å²) in [5.74, 6) is -0.0170. The Bertz CT molecular complexity index is 392. The molecule has 0 aromatic heterocycles. The van der Waals surface area contributed by atoms with E-state index in [1.807, 2.05) is 0 Å². The van der Waals surface area contributed by atoms with E-state index >= 15 is 0 Å². The van der Waals surface area contributed by atoms with Crippen molar-refractivity contribution in [2.75, 3.05) is 0 Å². The normalized spacial score (nSPS) is 29.3. The Hall–Kier alpha value is -0.630. The summed E-state index contributed by atoms with van der Waals surface area (Å²) in [7, 11) is 0. The van der Waals surface area contributed by atoms with Crippen LogP contribution >= 0.6 is 11.6 Å². The third-order valence-corrected chi connectivity index (χ3v) is 4.22. The fourth-order valence-electron chi connectivity index (χ4n) is 2.64. The van der Waals surface area contributed by atoms with Crippen molar-refractivity contribution in [2.45, 2.75) is 38.0 Å². The predicted octanol–water partition coefficient (Wildman–Crippen LogP) is 4.55. The lowest BCUT2D eigenvalue weighted by Crippen LogP contribution is -2.26. The van der Waals surface area contributed by atoms with Gasteiger partial charge < -0.3 is 0 Å². The van der Waals surface area contributed by atoms with Crippen LogP contribution in [0.5, 0.6) is 0 Å². The molecule has 17 heavy (non-hydrogen) atoms. The molecule has 0 heterocycles. The highest BCUT2D eigenvalue weighted by atomic mass is 35.5. The second-order valence-electron chi connectivity index (χ2n) is 5.13. The van der Waals surface area contributed by atoms with E-state index in [0.717, 1.165) is 25.3 Å². The highest BCUT2D eigenvalue weighted by Gasteiger charge is 2.27. The number of rotatable bonds is 2. The Morgan fingerprint density at radius 3 is 2.76 bits per heavy atom. The van der Waals surface area contributed by atoms with Gasteiger partial charge in [0, 0.05) is 11.4 Å². The quantitative estimate of drug-likeness (QED) is 0.683. The van der Waals surface area contributed by atoms with Crippen LogP contribution in [0, 0.1) is 23.5 Å². The van der Waals surface area contributed by atoms with Gasteiger partial charge >= 0.3 is 0 Å². The van der Waals surface area contributed by atoms with Crippen molar-refractivity contribution in [2.24, 2.45) is 11.8 Å². The van der Waals surface area contributed by atoms with Crippen molar-refractivity contribution in [3.05, 3.63) is 35.4 Å². The maximum absolute atomic E-state index is 13.5. The summed E-state index contributed by atoms with van der Waals surface area (Å²) in [6, 6.07) is 3.80. The van der Waals surface area contributed by atoms with Crippen LogP contribution in [0.1, 0.15) is 31.7 Å². The van der Waals surface area contributed by atoms with E-state index in [1.165, 1.54) is 12.1 Å². The lowest BCUT2D eigenvalue weighted by molar-refractivity contribution is 0.285. The molecule has 0 nitrogen and oxygen atoms in total. The Balaban J connectivity index is 2.08. The van der Waals surface area contributed by atoms with Crippen molar-refractivity contribution in [1.29, 1.82) is 0 Å². The van der Waals surface area contributed by atoms with Gasteiger partial charge in [-0.25, -0.2) is 8.78 Å². The molecule has 0 N–H and O–H groups in total. The lowest BCUT2D eigenvalue weighted by atomic mass is 9.79. The highest BCUT2D eigenvalue weighted by Crippen LogP contribution is 2.35. The van der Waals surface area contributed by atoms with E-state index in [2.05, 4.69) is 6.92 Å². The molecule has 0 aliphatic heterocycles. The fourth-order valence-corrected chi connectivity index (χ4v) is 2.96. The molecule has 0 spiro atoms. The summed E-state index contributed by atoms with van der Waals surface area (Å²) in [6.07, 6.45) is 3.79. The maximum atomic E-state index is 13.5. The molecule has 0 bridgehead atoms. The van der Waals surface area contributed by atoms with E-state index in [1.54, 1.807) is 0 Å². The average molecular weight is 259 g/mol. The third kappa shape index (κ3) is 3.19. The summed E-state index contributed by atoms with van der Waals surface area (Å²) in [6.45, 7) is 2.21. The van der Waals surface area contributed by atoms with Gasteiger partial charge in [-0.3, -0.25) is 0 Å². The molecule has 0 amide bonds. The van der Waals surface area contributed by atoms with Crippen molar-refractivity contribution < 1.29 is 8.78 Å². The van der Waals surface area contributed by atoms with Crippen molar-refractivity contribution in [3.8, 4) is 0 Å². The molecule has 3 unspecified atom stereocenters. The largest absolute Gasteiger partial charge is 0.207 e. The predicted molar refractivity (Wildman–Crippen MR) is 66.2 cm³/mol. The van der Waals surface area contributed by atoms with Crippen LogP contribution in [0.2, 0.25) is 0 Å². The van der Waals surface area contributed by atoms with E-state index in [-0.39, 0.29) is 5.38 Å². The molecular weight excluding hydrogens is 242 g/mol. The first-order valence-corrected chi connectivity index (χ1v) is 6.58. The van der Waals surface area contributed by atoms with Crippen LogP contribution in [-0.2, 0) is 6.42 Å². The van der Waals surface area contributed by atoms with Crippen LogP contribution in [0.3, 0.4) is 0 Å². The lowest BCUT2D eigenvalue weighted by Gasteiger charge is -2.31. The highest BCUT2D eigenvalue weighted by molar-refractivity contribution is 6.20. The zero-order chi connectivity index (χ0) is 12.4. The second-order valence-corrected chi connectivity index (χ2v) is 5.69. The van der Waals surface area contributed by atoms with E-state index in [4.69, 9.17) is 11.6 Å². The Morgan fingerprint density at radius 1 is 1.29 bits per heavy atom. The van der Waals surface area contributed by atoms with Crippen molar-refractivity contribution >= 4 is 11.6 Å². The first-order chi connectivity index (χ1) is 8.06. The summed E-state index contributed by atoms with van der Waals surface area (Å²) in [4.78, 5) is 0. The SMILES string of the molecule is CC1CCC(Cl)C(Cc2ccc(F)cc2F)C1. The van der Waals surface area contributed by atoms with Crippen LogP contribution in [0.15, 0.2) is 18.2 Å². The molecule has 0 radical (unpaired) electrons. The van der Waals surface area contributed by atoms with Crippen LogP contribution in [0.4, 0.5) is 8.78 Å². The smallest absolute Gasteiger partial charge is 0.129 e. The summed E-state index contributed by atoms with van der Waals surface area (Å²) < 4.78 is 26.3. The molecule has 1 fully saturated rings. The second kappa shape index (κ2) is 5.34. The van der Waals surface area contributed by atoms with E-state index in [0.29, 0.717) is 23.8 Å². The minimum atomic E-state index is -0.523. The maximum Gasteiger partial charge on any atom is 0.129 e. The molecular formula is C14H17ClF2. The number of benzene rings is 1. The zero-order valence-electron chi connectivity index (χ0n) is 9.93. The minimum absolute atomic E-state index is 0.121. The van der Waals surface area contributed by atoms with E-state index in [9.17, 15) is 8.78 Å². The van der Waals surface area contributed by atoms with Gasteiger partial charge in [0.2, 0.25) is 0 Å². The monoisotopic (exact) mass is 258 g/mol. The molecule has 1 aliphatic carbocycles. The molecule has 0 saturated heterocycles. The Kier molecular flexibility index (Phi) is 4.03. The molecule has 1 aliphatic rings. The molecule has 94 valence electrons. The third-order valence-electron chi connectivity index (χ3n) is 3.65. The Labute approximate surface area is 106 Å². The first kappa shape index (κ1) is 12.8. The first-order valence-electron chi connectivity index (χ1n) is 6.14. The van der Waals surface area contributed by atoms with E-state index < -0.39 is 11.6 Å². The van der Waals surface area contributed by atoms with Gasteiger partial charge in [0.15, 0.2) is 0 Å². The average Bonchev–Trinajstić information content (AvgIpc) is 2.27. The van der Waals surface area contributed by atoms with Gasteiger partial charge in [-0.2, -0.15) is 0 Å².